The van der Waals surface area contributed by atoms with Crippen molar-refractivity contribution in [3.8, 4) is 0 Å². The molecule has 3 aromatic rings. The molecule has 0 fully saturated rings. The summed E-state index contributed by atoms with van der Waals surface area (Å²) in [6.45, 7) is 7.10. The van der Waals surface area contributed by atoms with Gasteiger partial charge in [0.05, 0.1) is 26.9 Å². The molecule has 4 nitrogen and oxygen atoms in total. The number of nitrogens with one attached hydrogen (secondary N) is 1. The van der Waals surface area contributed by atoms with Gasteiger partial charge in [-0.2, -0.15) is 5.10 Å². The van der Waals surface area contributed by atoms with Crippen LogP contribution in [-0.4, -0.2) is 19.7 Å². The normalized spacial score (nSPS) is 11.4. The SMILES string of the molecule is CCn1nc(C)c(Br)c1CSc1nc2ccc(C)cc2[nH]1. The van der Waals surface area contributed by atoms with E-state index in [-0.39, 0.29) is 0 Å². The molecule has 2 aromatic heterocycles. The maximum absolute atomic E-state index is 4.62. The first-order valence-electron chi connectivity index (χ1n) is 6.89. The number of fused-ring (bicyclic) bond motifs is 1. The van der Waals surface area contributed by atoms with E-state index in [1.165, 1.54) is 11.3 Å². The predicted molar refractivity (Wildman–Crippen MR) is 90.7 cm³/mol. The molecule has 0 aliphatic carbocycles. The Morgan fingerprint density at radius 1 is 1.33 bits per heavy atom. The van der Waals surface area contributed by atoms with E-state index in [0.29, 0.717) is 0 Å². The average Bonchev–Trinajstić information content (AvgIpc) is 2.98. The number of imidazole rings is 1. The highest BCUT2D eigenvalue weighted by atomic mass is 79.9. The molecule has 2 heterocycles. The molecule has 3 rings (SSSR count). The summed E-state index contributed by atoms with van der Waals surface area (Å²) in [5, 5.41) is 5.47. The Kier molecular flexibility index (Phi) is 4.08. The summed E-state index contributed by atoms with van der Waals surface area (Å²) >= 11 is 5.34. The van der Waals surface area contributed by atoms with Gasteiger partial charge in [-0.15, -0.1) is 0 Å². The Labute approximate surface area is 136 Å². The van der Waals surface area contributed by atoms with Gasteiger partial charge in [-0.1, -0.05) is 17.8 Å². The largest absolute Gasteiger partial charge is 0.333 e. The molecule has 1 N–H and O–H groups in total. The highest BCUT2D eigenvalue weighted by Gasteiger charge is 2.13. The first-order valence-corrected chi connectivity index (χ1v) is 8.67. The number of hydrogen-bond acceptors (Lipinski definition) is 3. The van der Waals surface area contributed by atoms with Crippen molar-refractivity contribution < 1.29 is 0 Å². The van der Waals surface area contributed by atoms with Crippen molar-refractivity contribution in [3.63, 3.8) is 0 Å². The minimum Gasteiger partial charge on any atom is -0.333 e. The van der Waals surface area contributed by atoms with E-state index in [1.807, 2.05) is 11.6 Å². The molecule has 0 aliphatic rings. The number of nitrogens with zero attached hydrogens (tertiary/aromatic N) is 3. The highest BCUT2D eigenvalue weighted by molar-refractivity contribution is 9.10. The van der Waals surface area contributed by atoms with Gasteiger partial charge in [0.15, 0.2) is 5.16 Å². The molecular formula is C15H17BrN4S. The van der Waals surface area contributed by atoms with Gasteiger partial charge in [0, 0.05) is 12.3 Å². The third-order valence-electron chi connectivity index (χ3n) is 3.41. The Morgan fingerprint density at radius 2 is 2.14 bits per heavy atom. The average molecular weight is 365 g/mol. The maximum atomic E-state index is 4.62. The molecule has 110 valence electrons. The van der Waals surface area contributed by atoms with Crippen LogP contribution >= 0.6 is 27.7 Å². The molecule has 0 saturated carbocycles. The fraction of sp³-hybridized carbons (Fsp3) is 0.333. The van der Waals surface area contributed by atoms with Crippen LogP contribution in [0.5, 0.6) is 0 Å². The lowest BCUT2D eigenvalue weighted by Gasteiger charge is -2.03. The number of rotatable bonds is 4. The maximum Gasteiger partial charge on any atom is 0.166 e. The number of hydrogen-bond donors (Lipinski definition) is 1. The van der Waals surface area contributed by atoms with E-state index in [4.69, 9.17) is 0 Å². The number of halogens is 1. The van der Waals surface area contributed by atoms with Gasteiger partial charge in [-0.05, 0) is 54.4 Å². The van der Waals surface area contributed by atoms with Crippen molar-refractivity contribution >= 4 is 38.7 Å². The second-order valence-electron chi connectivity index (χ2n) is 5.01. The zero-order valence-electron chi connectivity index (χ0n) is 12.3. The van der Waals surface area contributed by atoms with E-state index in [2.05, 4.69) is 63.0 Å². The van der Waals surface area contributed by atoms with Crippen molar-refractivity contribution in [2.75, 3.05) is 0 Å². The van der Waals surface area contributed by atoms with Gasteiger partial charge in [0.2, 0.25) is 0 Å². The van der Waals surface area contributed by atoms with Crippen molar-refractivity contribution in [2.45, 2.75) is 38.2 Å². The topological polar surface area (TPSA) is 46.5 Å². The number of aromatic amines is 1. The summed E-state index contributed by atoms with van der Waals surface area (Å²) in [5.41, 5.74) is 5.59. The Balaban J connectivity index is 1.83. The fourth-order valence-electron chi connectivity index (χ4n) is 2.31. The molecule has 0 radical (unpaired) electrons. The molecule has 0 bridgehead atoms. The van der Waals surface area contributed by atoms with Crippen molar-refractivity contribution in [2.24, 2.45) is 0 Å². The quantitative estimate of drug-likeness (QED) is 0.695. The molecular weight excluding hydrogens is 348 g/mol. The fourth-order valence-corrected chi connectivity index (χ4v) is 3.83. The molecule has 21 heavy (non-hydrogen) atoms. The van der Waals surface area contributed by atoms with Crippen LogP contribution in [0, 0.1) is 13.8 Å². The molecule has 0 unspecified atom stereocenters. The van der Waals surface area contributed by atoms with E-state index >= 15 is 0 Å². The molecule has 0 aliphatic heterocycles. The van der Waals surface area contributed by atoms with Crippen LogP contribution in [-0.2, 0) is 12.3 Å². The number of benzene rings is 1. The number of thioether (sulfide) groups is 1. The summed E-state index contributed by atoms with van der Waals surface area (Å²) in [6, 6.07) is 6.27. The van der Waals surface area contributed by atoms with E-state index in [0.717, 1.165) is 38.7 Å². The van der Waals surface area contributed by atoms with E-state index < -0.39 is 0 Å². The Morgan fingerprint density at radius 3 is 2.90 bits per heavy atom. The third kappa shape index (κ3) is 2.87. The Bertz CT molecular complexity index is 790. The van der Waals surface area contributed by atoms with E-state index in [1.54, 1.807) is 11.8 Å². The minimum absolute atomic E-state index is 0.841. The van der Waals surface area contributed by atoms with Crippen LogP contribution in [0.1, 0.15) is 23.9 Å². The van der Waals surface area contributed by atoms with Crippen molar-refractivity contribution in [1.29, 1.82) is 0 Å². The van der Waals surface area contributed by atoms with Gasteiger partial charge in [0.1, 0.15) is 0 Å². The van der Waals surface area contributed by atoms with Gasteiger partial charge in [-0.25, -0.2) is 4.98 Å². The van der Waals surface area contributed by atoms with Crippen molar-refractivity contribution in [1.82, 2.24) is 19.7 Å². The first-order chi connectivity index (χ1) is 10.1. The van der Waals surface area contributed by atoms with Gasteiger partial charge >= 0.3 is 0 Å². The molecule has 1 aromatic carbocycles. The van der Waals surface area contributed by atoms with Crippen LogP contribution in [0.3, 0.4) is 0 Å². The summed E-state index contributed by atoms with van der Waals surface area (Å²) in [4.78, 5) is 8.00. The van der Waals surface area contributed by atoms with Gasteiger partial charge in [0.25, 0.3) is 0 Å². The minimum atomic E-state index is 0.841. The molecule has 6 heteroatoms. The van der Waals surface area contributed by atoms with Crippen molar-refractivity contribution in [3.05, 3.63) is 39.6 Å². The van der Waals surface area contributed by atoms with E-state index in [9.17, 15) is 0 Å². The highest BCUT2D eigenvalue weighted by Crippen LogP contribution is 2.29. The number of H-pyrrole nitrogens is 1. The molecule has 0 amide bonds. The van der Waals surface area contributed by atoms with Gasteiger partial charge < -0.3 is 4.98 Å². The second kappa shape index (κ2) is 5.85. The summed E-state index contributed by atoms with van der Waals surface area (Å²) in [7, 11) is 0. The first kappa shape index (κ1) is 14.7. The smallest absolute Gasteiger partial charge is 0.166 e. The molecule has 0 saturated heterocycles. The lowest BCUT2D eigenvalue weighted by molar-refractivity contribution is 0.631. The van der Waals surface area contributed by atoms with Crippen LogP contribution in [0.25, 0.3) is 11.0 Å². The summed E-state index contributed by atoms with van der Waals surface area (Å²) in [5.74, 6) is 0.841. The summed E-state index contributed by atoms with van der Waals surface area (Å²) < 4.78 is 3.14. The lowest BCUT2D eigenvalue weighted by atomic mass is 10.2. The Hall–Kier alpha value is -1.27. The monoisotopic (exact) mass is 364 g/mol. The van der Waals surface area contributed by atoms with Crippen LogP contribution in [0.2, 0.25) is 0 Å². The zero-order valence-corrected chi connectivity index (χ0v) is 14.7. The predicted octanol–water partition coefficient (Wildman–Crippen LogP) is 4.45. The lowest BCUT2D eigenvalue weighted by Crippen LogP contribution is -2.01. The van der Waals surface area contributed by atoms with Crippen LogP contribution < -0.4 is 0 Å². The number of aryl methyl sites for hydroxylation is 3. The molecule has 0 spiro atoms. The third-order valence-corrected chi connectivity index (χ3v) is 5.33. The zero-order chi connectivity index (χ0) is 15.0. The standard InChI is InChI=1S/C15H17BrN4S/c1-4-20-13(14(16)10(3)19-20)8-21-15-17-11-6-5-9(2)7-12(11)18-15/h5-7H,4,8H2,1-3H3,(H,17,18). The summed E-state index contributed by atoms with van der Waals surface area (Å²) in [6.07, 6.45) is 0. The second-order valence-corrected chi connectivity index (χ2v) is 6.77. The van der Waals surface area contributed by atoms with Gasteiger partial charge in [-0.3, -0.25) is 4.68 Å². The molecule has 0 atom stereocenters. The number of aromatic nitrogens is 4. The van der Waals surface area contributed by atoms with Crippen LogP contribution in [0.15, 0.2) is 27.8 Å². The van der Waals surface area contributed by atoms with Crippen LogP contribution in [0.4, 0.5) is 0 Å².